The van der Waals surface area contributed by atoms with Gasteiger partial charge in [-0.2, -0.15) is 0 Å². The Labute approximate surface area is 105 Å². The summed E-state index contributed by atoms with van der Waals surface area (Å²) < 4.78 is 12.8. The predicted octanol–water partition coefficient (Wildman–Crippen LogP) is 3.57. The van der Waals surface area contributed by atoms with Crippen LogP contribution in [0.4, 0.5) is 10.1 Å². The third-order valence-electron chi connectivity index (χ3n) is 2.80. The van der Waals surface area contributed by atoms with Crippen LogP contribution < -0.4 is 5.32 Å². The number of halogens is 1. The number of carbonyl (C=O) groups excluding carboxylic acids is 1. The summed E-state index contributed by atoms with van der Waals surface area (Å²) in [5, 5.41) is 2.82. The molecule has 1 N–H and O–H groups in total. The molecule has 0 bridgehead atoms. The maximum Gasteiger partial charge on any atom is 0.231 e. The van der Waals surface area contributed by atoms with Crippen molar-refractivity contribution in [3.8, 4) is 0 Å². The van der Waals surface area contributed by atoms with Crippen LogP contribution in [0.5, 0.6) is 0 Å². The first-order valence-corrected chi connectivity index (χ1v) is 5.78. The Bertz CT molecular complexity index is 522. The van der Waals surface area contributed by atoms with E-state index in [2.05, 4.69) is 5.32 Å². The van der Waals surface area contributed by atoms with Crippen LogP contribution in [0.1, 0.15) is 18.4 Å². The summed E-state index contributed by atoms with van der Waals surface area (Å²) in [6.45, 7) is 1.80. The van der Waals surface area contributed by atoms with Crippen molar-refractivity contribution in [2.75, 3.05) is 5.32 Å². The van der Waals surface area contributed by atoms with Gasteiger partial charge in [0, 0.05) is 5.69 Å². The van der Waals surface area contributed by atoms with Crippen LogP contribution in [0.3, 0.4) is 0 Å². The van der Waals surface area contributed by atoms with Crippen molar-refractivity contribution in [3.63, 3.8) is 0 Å². The molecule has 0 saturated carbocycles. The van der Waals surface area contributed by atoms with Crippen LogP contribution in [0, 0.1) is 5.82 Å². The zero-order valence-corrected chi connectivity index (χ0v) is 10.1. The summed E-state index contributed by atoms with van der Waals surface area (Å²) in [6, 6.07) is 15.2. The van der Waals surface area contributed by atoms with Gasteiger partial charge in [0.25, 0.3) is 0 Å². The number of nitrogens with one attached hydrogen (secondary N) is 1. The lowest BCUT2D eigenvalue weighted by Crippen LogP contribution is -2.18. The Morgan fingerprint density at radius 3 is 2.28 bits per heavy atom. The Morgan fingerprint density at radius 1 is 1.06 bits per heavy atom. The predicted molar refractivity (Wildman–Crippen MR) is 69.9 cm³/mol. The Hall–Kier alpha value is -2.16. The van der Waals surface area contributed by atoms with Crippen molar-refractivity contribution in [2.24, 2.45) is 0 Å². The molecule has 0 heterocycles. The van der Waals surface area contributed by atoms with E-state index >= 15 is 0 Å². The average Bonchev–Trinajstić information content (AvgIpc) is 2.40. The minimum absolute atomic E-state index is 0.104. The topological polar surface area (TPSA) is 29.1 Å². The van der Waals surface area contributed by atoms with Gasteiger partial charge in [-0.1, -0.05) is 30.3 Å². The molecule has 2 aromatic carbocycles. The minimum Gasteiger partial charge on any atom is -0.326 e. The minimum atomic E-state index is -0.314. The molecule has 0 fully saturated rings. The van der Waals surface area contributed by atoms with Crippen molar-refractivity contribution < 1.29 is 9.18 Å². The number of hydrogen-bond acceptors (Lipinski definition) is 1. The molecule has 0 aromatic heterocycles. The van der Waals surface area contributed by atoms with Gasteiger partial charge in [0.2, 0.25) is 5.91 Å². The third-order valence-corrected chi connectivity index (χ3v) is 2.80. The van der Waals surface area contributed by atoms with Gasteiger partial charge in [-0.15, -0.1) is 0 Å². The molecule has 18 heavy (non-hydrogen) atoms. The number of carbonyl (C=O) groups is 1. The standard InChI is InChI=1S/C15H14FNO/c1-11(12-7-9-13(16)10-8-12)15(18)17-14-5-3-2-4-6-14/h2-11H,1H3,(H,17,18)/t11-/m1/s1. The van der Waals surface area contributed by atoms with Crippen LogP contribution >= 0.6 is 0 Å². The number of amides is 1. The molecule has 92 valence electrons. The fourth-order valence-electron chi connectivity index (χ4n) is 1.67. The molecule has 2 rings (SSSR count). The normalized spacial score (nSPS) is 11.9. The molecule has 0 aliphatic rings. The van der Waals surface area contributed by atoms with E-state index in [9.17, 15) is 9.18 Å². The molecule has 0 radical (unpaired) electrons. The molecule has 0 spiro atoms. The average molecular weight is 243 g/mol. The largest absolute Gasteiger partial charge is 0.326 e. The van der Waals surface area contributed by atoms with Crippen LogP contribution in [0.25, 0.3) is 0 Å². The highest BCUT2D eigenvalue weighted by Gasteiger charge is 2.15. The zero-order valence-electron chi connectivity index (χ0n) is 10.1. The lowest BCUT2D eigenvalue weighted by Gasteiger charge is -2.12. The van der Waals surface area contributed by atoms with E-state index in [-0.39, 0.29) is 17.6 Å². The fourth-order valence-corrected chi connectivity index (χ4v) is 1.67. The summed E-state index contributed by atoms with van der Waals surface area (Å²) in [7, 11) is 0. The van der Waals surface area contributed by atoms with Gasteiger partial charge >= 0.3 is 0 Å². The molecule has 2 aromatic rings. The Morgan fingerprint density at radius 2 is 1.67 bits per heavy atom. The maximum absolute atomic E-state index is 12.8. The highest BCUT2D eigenvalue weighted by molar-refractivity contribution is 5.95. The summed E-state index contributed by atoms with van der Waals surface area (Å²) in [5.41, 5.74) is 1.56. The first-order valence-electron chi connectivity index (χ1n) is 5.78. The van der Waals surface area contributed by atoms with Crippen molar-refractivity contribution in [2.45, 2.75) is 12.8 Å². The Balaban J connectivity index is 2.07. The van der Waals surface area contributed by atoms with Gasteiger partial charge in [-0.25, -0.2) is 4.39 Å². The van der Waals surface area contributed by atoms with Gasteiger partial charge in [-0.3, -0.25) is 4.79 Å². The van der Waals surface area contributed by atoms with E-state index in [1.807, 2.05) is 30.3 Å². The first-order chi connectivity index (χ1) is 8.66. The van der Waals surface area contributed by atoms with Gasteiger partial charge in [0.15, 0.2) is 0 Å². The molecule has 3 heteroatoms. The Kier molecular flexibility index (Phi) is 3.72. The molecular formula is C15H14FNO. The quantitative estimate of drug-likeness (QED) is 0.877. The zero-order chi connectivity index (χ0) is 13.0. The van der Waals surface area contributed by atoms with E-state index in [0.717, 1.165) is 11.3 Å². The van der Waals surface area contributed by atoms with Gasteiger partial charge in [-0.05, 0) is 36.8 Å². The highest BCUT2D eigenvalue weighted by Crippen LogP contribution is 2.18. The smallest absolute Gasteiger partial charge is 0.231 e. The van der Waals surface area contributed by atoms with Gasteiger partial charge < -0.3 is 5.32 Å². The number of para-hydroxylation sites is 1. The second-order valence-corrected chi connectivity index (χ2v) is 4.13. The van der Waals surface area contributed by atoms with Crippen molar-refractivity contribution in [1.29, 1.82) is 0 Å². The van der Waals surface area contributed by atoms with E-state index < -0.39 is 0 Å². The molecular weight excluding hydrogens is 229 g/mol. The fraction of sp³-hybridized carbons (Fsp3) is 0.133. The van der Waals surface area contributed by atoms with Crippen LogP contribution in [-0.4, -0.2) is 5.91 Å². The van der Waals surface area contributed by atoms with E-state index in [0.29, 0.717) is 0 Å². The lowest BCUT2D eigenvalue weighted by molar-refractivity contribution is -0.117. The number of rotatable bonds is 3. The number of hydrogen-bond donors (Lipinski definition) is 1. The second-order valence-electron chi connectivity index (χ2n) is 4.13. The van der Waals surface area contributed by atoms with Crippen molar-refractivity contribution >= 4 is 11.6 Å². The number of benzene rings is 2. The number of anilines is 1. The van der Waals surface area contributed by atoms with E-state index in [1.165, 1.54) is 12.1 Å². The second kappa shape index (κ2) is 5.45. The van der Waals surface area contributed by atoms with E-state index in [1.54, 1.807) is 19.1 Å². The molecule has 0 saturated heterocycles. The molecule has 0 aliphatic carbocycles. The summed E-state index contributed by atoms with van der Waals surface area (Å²) in [6.07, 6.45) is 0. The van der Waals surface area contributed by atoms with Crippen molar-refractivity contribution in [1.82, 2.24) is 0 Å². The molecule has 2 nitrogen and oxygen atoms in total. The molecule has 1 atom stereocenters. The molecule has 1 amide bonds. The van der Waals surface area contributed by atoms with Crippen LogP contribution in [-0.2, 0) is 4.79 Å². The maximum atomic E-state index is 12.8. The monoisotopic (exact) mass is 243 g/mol. The van der Waals surface area contributed by atoms with Crippen LogP contribution in [0.15, 0.2) is 54.6 Å². The summed E-state index contributed by atoms with van der Waals surface area (Å²) >= 11 is 0. The van der Waals surface area contributed by atoms with Crippen LogP contribution in [0.2, 0.25) is 0 Å². The SMILES string of the molecule is C[C@@H](C(=O)Nc1ccccc1)c1ccc(F)cc1. The van der Waals surface area contributed by atoms with Gasteiger partial charge in [0.1, 0.15) is 5.82 Å². The third kappa shape index (κ3) is 2.94. The summed E-state index contributed by atoms with van der Waals surface area (Å²) in [5.74, 6) is -0.715. The molecule has 0 unspecified atom stereocenters. The lowest BCUT2D eigenvalue weighted by atomic mass is 10.0. The highest BCUT2D eigenvalue weighted by atomic mass is 19.1. The van der Waals surface area contributed by atoms with Gasteiger partial charge in [0.05, 0.1) is 5.92 Å². The summed E-state index contributed by atoms with van der Waals surface area (Å²) in [4.78, 5) is 12.0. The van der Waals surface area contributed by atoms with Crippen molar-refractivity contribution in [3.05, 3.63) is 66.0 Å². The van der Waals surface area contributed by atoms with E-state index in [4.69, 9.17) is 0 Å². The first kappa shape index (κ1) is 12.3. The molecule has 0 aliphatic heterocycles.